The number of hydrogen-bond donors (Lipinski definition) is 1. The average molecular weight is 187 g/mol. The molecule has 0 spiro atoms. The van der Waals surface area contributed by atoms with Gasteiger partial charge in [-0.3, -0.25) is 10.1 Å². The van der Waals surface area contributed by atoms with Gasteiger partial charge in [0, 0.05) is 5.56 Å². The van der Waals surface area contributed by atoms with E-state index in [1.165, 1.54) is 0 Å². The lowest BCUT2D eigenvalue weighted by Gasteiger charge is -2.01. The molecule has 0 aliphatic rings. The van der Waals surface area contributed by atoms with E-state index >= 15 is 0 Å². The fourth-order valence-corrected chi connectivity index (χ4v) is 1.17. The molecule has 2 nitrogen and oxygen atoms in total. The zero-order valence-corrected chi connectivity index (χ0v) is 8.21. The van der Waals surface area contributed by atoms with Gasteiger partial charge in [-0.2, -0.15) is 0 Å². The average Bonchev–Trinajstić information content (AvgIpc) is 2.18. The second-order valence-corrected chi connectivity index (χ2v) is 3.10. The molecule has 0 fully saturated rings. The number of ketones is 1. The van der Waals surface area contributed by atoms with E-state index in [1.54, 1.807) is 0 Å². The van der Waals surface area contributed by atoms with Gasteiger partial charge < -0.3 is 0 Å². The number of rotatable bonds is 4. The van der Waals surface area contributed by atoms with E-state index in [0.29, 0.717) is 13.1 Å². The molecule has 1 N–H and O–H groups in total. The topological polar surface area (TPSA) is 29.1 Å². The molecule has 0 heterocycles. The number of nitrogens with one attached hydrogen (secondary N) is 1. The molecule has 0 aromatic heterocycles. The third-order valence-corrected chi connectivity index (χ3v) is 1.85. The molecule has 2 heteroatoms. The Labute approximate surface area is 84.3 Å². The van der Waals surface area contributed by atoms with Crippen LogP contribution in [-0.4, -0.2) is 18.9 Å². The molecule has 1 rings (SSSR count). The molecule has 1 aromatic carbocycles. The summed E-state index contributed by atoms with van der Waals surface area (Å²) >= 11 is 0. The molecule has 0 unspecified atom stereocenters. The number of terminal acetylenes is 1. The van der Waals surface area contributed by atoms with Crippen molar-refractivity contribution >= 4 is 5.78 Å². The van der Waals surface area contributed by atoms with Gasteiger partial charge in [-0.25, -0.2) is 0 Å². The molecule has 14 heavy (non-hydrogen) atoms. The summed E-state index contributed by atoms with van der Waals surface area (Å²) in [5.74, 6) is 2.50. The first kappa shape index (κ1) is 10.5. The van der Waals surface area contributed by atoms with E-state index < -0.39 is 0 Å². The highest BCUT2D eigenvalue weighted by molar-refractivity contribution is 5.97. The summed E-state index contributed by atoms with van der Waals surface area (Å²) in [6.45, 7) is 2.69. The first-order chi connectivity index (χ1) is 6.74. The molecule has 0 radical (unpaired) electrons. The van der Waals surface area contributed by atoms with Crippen LogP contribution in [0.2, 0.25) is 0 Å². The number of Topliss-reactive ketones (excluding diaryl/α,β-unsaturated/α-hetero) is 1. The quantitative estimate of drug-likeness (QED) is 0.438. The van der Waals surface area contributed by atoms with Gasteiger partial charge in [0.1, 0.15) is 0 Å². The normalized spacial score (nSPS) is 9.43. The van der Waals surface area contributed by atoms with E-state index in [0.717, 1.165) is 11.1 Å². The number of hydrogen-bond acceptors (Lipinski definition) is 2. The van der Waals surface area contributed by atoms with Crippen LogP contribution in [0.3, 0.4) is 0 Å². The van der Waals surface area contributed by atoms with Crippen LogP contribution in [0.1, 0.15) is 15.9 Å². The molecular formula is C12H13NO. The molecule has 0 saturated heterocycles. The monoisotopic (exact) mass is 187 g/mol. The molecule has 0 aliphatic heterocycles. The fourth-order valence-electron chi connectivity index (χ4n) is 1.17. The van der Waals surface area contributed by atoms with Crippen molar-refractivity contribution in [1.29, 1.82) is 0 Å². The number of aryl methyl sites for hydroxylation is 1. The Kier molecular flexibility index (Phi) is 3.90. The molecule has 0 bridgehead atoms. The van der Waals surface area contributed by atoms with Gasteiger partial charge in [-0.1, -0.05) is 29.7 Å². The van der Waals surface area contributed by atoms with Gasteiger partial charge >= 0.3 is 0 Å². The van der Waals surface area contributed by atoms with Crippen molar-refractivity contribution in [2.45, 2.75) is 6.92 Å². The van der Waals surface area contributed by atoms with Gasteiger partial charge in [0.2, 0.25) is 0 Å². The zero-order valence-electron chi connectivity index (χ0n) is 8.21. The maximum Gasteiger partial charge on any atom is 0.176 e. The lowest BCUT2D eigenvalue weighted by atomic mass is 10.1. The van der Waals surface area contributed by atoms with E-state index in [2.05, 4.69) is 11.2 Å². The minimum absolute atomic E-state index is 0.0731. The van der Waals surface area contributed by atoms with Crippen LogP contribution in [0.4, 0.5) is 0 Å². The third kappa shape index (κ3) is 3.04. The van der Waals surface area contributed by atoms with Crippen LogP contribution < -0.4 is 5.32 Å². The molecule has 1 aromatic rings. The summed E-state index contributed by atoms with van der Waals surface area (Å²) in [5.41, 5.74) is 1.82. The Bertz CT molecular complexity index is 363. The summed E-state index contributed by atoms with van der Waals surface area (Å²) in [6, 6.07) is 7.53. The Morgan fingerprint density at radius 3 is 3.00 bits per heavy atom. The predicted molar refractivity (Wildman–Crippen MR) is 57.2 cm³/mol. The first-order valence-electron chi connectivity index (χ1n) is 4.48. The van der Waals surface area contributed by atoms with Crippen LogP contribution in [0.5, 0.6) is 0 Å². The number of carbonyl (C=O) groups is 1. The smallest absolute Gasteiger partial charge is 0.176 e. The van der Waals surface area contributed by atoms with Crippen LogP contribution >= 0.6 is 0 Å². The van der Waals surface area contributed by atoms with Crippen LogP contribution in [0, 0.1) is 19.3 Å². The summed E-state index contributed by atoms with van der Waals surface area (Å²) in [7, 11) is 0. The van der Waals surface area contributed by atoms with Crippen molar-refractivity contribution in [3.8, 4) is 12.3 Å². The molecule has 0 amide bonds. The molecule has 0 atom stereocenters. The van der Waals surface area contributed by atoms with Gasteiger partial charge in [-0.05, 0) is 13.0 Å². The van der Waals surface area contributed by atoms with Crippen molar-refractivity contribution in [3.63, 3.8) is 0 Å². The summed E-state index contributed by atoms with van der Waals surface area (Å²) in [4.78, 5) is 11.5. The van der Waals surface area contributed by atoms with E-state index in [9.17, 15) is 4.79 Å². The molecule has 0 aliphatic carbocycles. The minimum Gasteiger partial charge on any atom is -0.299 e. The Morgan fingerprint density at radius 1 is 1.57 bits per heavy atom. The second kappa shape index (κ2) is 5.21. The van der Waals surface area contributed by atoms with Crippen LogP contribution in [0.25, 0.3) is 0 Å². The molecular weight excluding hydrogens is 174 g/mol. The lowest BCUT2D eigenvalue weighted by Crippen LogP contribution is -2.23. The second-order valence-electron chi connectivity index (χ2n) is 3.10. The van der Waals surface area contributed by atoms with Crippen molar-refractivity contribution in [2.24, 2.45) is 0 Å². The van der Waals surface area contributed by atoms with Crippen molar-refractivity contribution in [1.82, 2.24) is 5.32 Å². The SMILES string of the molecule is C#CCNCC(=O)c1cccc(C)c1. The van der Waals surface area contributed by atoms with Crippen LogP contribution in [-0.2, 0) is 0 Å². The maximum atomic E-state index is 11.5. The number of carbonyl (C=O) groups excluding carboxylic acids is 1. The lowest BCUT2D eigenvalue weighted by molar-refractivity contribution is 0.0992. The Morgan fingerprint density at radius 2 is 2.36 bits per heavy atom. The van der Waals surface area contributed by atoms with Crippen molar-refractivity contribution in [2.75, 3.05) is 13.1 Å². The summed E-state index contributed by atoms with van der Waals surface area (Å²) < 4.78 is 0. The standard InChI is InChI=1S/C12H13NO/c1-3-7-13-9-12(14)11-6-4-5-10(2)8-11/h1,4-6,8,13H,7,9H2,2H3. The first-order valence-corrected chi connectivity index (χ1v) is 4.48. The van der Waals surface area contributed by atoms with Gasteiger partial charge in [0.05, 0.1) is 13.1 Å². The van der Waals surface area contributed by atoms with E-state index in [-0.39, 0.29) is 5.78 Å². The van der Waals surface area contributed by atoms with Crippen LogP contribution in [0.15, 0.2) is 24.3 Å². The number of benzene rings is 1. The Hall–Kier alpha value is -1.59. The fraction of sp³-hybridized carbons (Fsp3) is 0.250. The predicted octanol–water partition coefficient (Wildman–Crippen LogP) is 1.40. The molecule has 0 saturated carbocycles. The maximum absolute atomic E-state index is 11.5. The van der Waals surface area contributed by atoms with Gasteiger partial charge in [0.25, 0.3) is 0 Å². The van der Waals surface area contributed by atoms with E-state index in [1.807, 2.05) is 31.2 Å². The highest BCUT2D eigenvalue weighted by atomic mass is 16.1. The van der Waals surface area contributed by atoms with Crippen molar-refractivity contribution < 1.29 is 4.79 Å². The summed E-state index contributed by atoms with van der Waals surface area (Å²) in [5, 5.41) is 2.87. The van der Waals surface area contributed by atoms with E-state index in [4.69, 9.17) is 6.42 Å². The van der Waals surface area contributed by atoms with Gasteiger partial charge in [0.15, 0.2) is 5.78 Å². The van der Waals surface area contributed by atoms with Crippen molar-refractivity contribution in [3.05, 3.63) is 35.4 Å². The summed E-state index contributed by atoms with van der Waals surface area (Å²) in [6.07, 6.45) is 5.05. The Balaban J connectivity index is 2.57. The third-order valence-electron chi connectivity index (χ3n) is 1.85. The largest absolute Gasteiger partial charge is 0.299 e. The highest BCUT2D eigenvalue weighted by Gasteiger charge is 2.03. The molecule has 72 valence electrons. The minimum atomic E-state index is 0.0731. The van der Waals surface area contributed by atoms with Gasteiger partial charge in [-0.15, -0.1) is 6.42 Å². The zero-order chi connectivity index (χ0) is 10.4. The highest BCUT2D eigenvalue weighted by Crippen LogP contribution is 2.03.